The number of hydrogen-bond acceptors (Lipinski definition) is 8. The van der Waals surface area contributed by atoms with Crippen LogP contribution in [0.3, 0.4) is 0 Å². The number of carbonyl (C=O) groups excluding carboxylic acids is 1. The zero-order valence-corrected chi connectivity index (χ0v) is 17.6. The van der Waals surface area contributed by atoms with E-state index in [2.05, 4.69) is 15.3 Å². The van der Waals surface area contributed by atoms with Crippen LogP contribution in [0.5, 0.6) is 0 Å². The fourth-order valence-corrected chi connectivity index (χ4v) is 3.50. The highest BCUT2D eigenvalue weighted by atomic mass is 32.3. The molecule has 0 saturated carbocycles. The summed E-state index contributed by atoms with van der Waals surface area (Å²) in [6.07, 6.45) is 2.93. The highest BCUT2D eigenvalue weighted by Crippen LogP contribution is 2.27. The van der Waals surface area contributed by atoms with Crippen LogP contribution in [0.4, 0.5) is 15.3 Å². The third kappa shape index (κ3) is 5.25. The van der Waals surface area contributed by atoms with Crippen molar-refractivity contribution in [1.82, 2.24) is 0 Å². The van der Waals surface area contributed by atoms with E-state index in [1.807, 2.05) is 26.0 Å². The summed E-state index contributed by atoms with van der Waals surface area (Å²) in [4.78, 5) is 21.6. The van der Waals surface area contributed by atoms with Crippen LogP contribution in [0.25, 0.3) is 6.08 Å². The van der Waals surface area contributed by atoms with Crippen LogP contribution in [0.1, 0.15) is 19.4 Å². The molecule has 0 unspecified atom stereocenters. The summed E-state index contributed by atoms with van der Waals surface area (Å²) in [6, 6.07) is 12.0. The molecule has 1 amide bonds. The third-order valence-corrected chi connectivity index (χ3v) is 5.21. The summed E-state index contributed by atoms with van der Waals surface area (Å²) in [7, 11) is -4.78. The van der Waals surface area contributed by atoms with Gasteiger partial charge in [0.15, 0.2) is 0 Å². The molecular weight excluding hydrogens is 423 g/mol. The molecule has 1 heterocycles. The lowest BCUT2D eigenvalue weighted by Gasteiger charge is -2.38. The molecule has 9 nitrogen and oxygen atoms in total. The lowest BCUT2D eigenvalue weighted by atomic mass is 10.1. The monoisotopic (exact) mass is 444 g/mol. The average molecular weight is 444 g/mol. The van der Waals surface area contributed by atoms with E-state index in [9.17, 15) is 17.1 Å². The van der Waals surface area contributed by atoms with E-state index >= 15 is 0 Å². The van der Waals surface area contributed by atoms with E-state index in [-0.39, 0.29) is 11.9 Å². The molecule has 1 aliphatic rings. The molecular formula is C20H21FN6O3S. The Bertz CT molecular complexity index is 1190. The van der Waals surface area contributed by atoms with Crippen molar-refractivity contribution < 1.29 is 17.1 Å². The summed E-state index contributed by atoms with van der Waals surface area (Å²) < 4.78 is 34.5. The van der Waals surface area contributed by atoms with Crippen LogP contribution in [0.2, 0.25) is 0 Å². The molecule has 5 N–H and O–H groups in total. The summed E-state index contributed by atoms with van der Waals surface area (Å²) in [5.41, 5.74) is 12.8. The molecule has 0 spiro atoms. The molecule has 2 aromatic carbocycles. The Morgan fingerprint density at radius 2 is 1.71 bits per heavy atom. The van der Waals surface area contributed by atoms with Gasteiger partial charge in [-0.3, -0.25) is 9.69 Å². The number of guanidine groups is 2. The second-order valence-corrected chi connectivity index (χ2v) is 8.49. The van der Waals surface area contributed by atoms with Crippen molar-refractivity contribution in [2.24, 2.45) is 21.5 Å². The second-order valence-electron chi connectivity index (χ2n) is 7.15. The molecule has 31 heavy (non-hydrogen) atoms. The van der Waals surface area contributed by atoms with E-state index in [1.165, 1.54) is 18.2 Å². The molecule has 0 bridgehead atoms. The molecule has 0 atom stereocenters. The van der Waals surface area contributed by atoms with Gasteiger partial charge in [-0.25, -0.2) is 4.99 Å². The maximum Gasteiger partial charge on any atom is 0.332 e. The number of aliphatic imine (C=N–C) groups is 2. The zero-order valence-electron chi connectivity index (χ0n) is 16.8. The number of benzene rings is 2. The lowest BCUT2D eigenvalue weighted by molar-refractivity contribution is -0.111. The Morgan fingerprint density at radius 3 is 2.26 bits per heavy atom. The summed E-state index contributed by atoms with van der Waals surface area (Å²) >= 11 is 0. The molecule has 0 radical (unpaired) electrons. The number of amides is 1. The topological polar surface area (TPSA) is 143 Å². The SMILES string of the molecule is CC1(C)N=C(N)N=C(N)N1c1ccc(/C=C/C(=O)Nc2ccc(S(=O)(=O)F)cc2)cc1. The van der Waals surface area contributed by atoms with E-state index in [1.54, 1.807) is 23.1 Å². The number of halogens is 1. The second kappa shape index (κ2) is 8.19. The van der Waals surface area contributed by atoms with Crippen molar-refractivity contribution in [1.29, 1.82) is 0 Å². The van der Waals surface area contributed by atoms with Gasteiger partial charge in [0.25, 0.3) is 0 Å². The van der Waals surface area contributed by atoms with Gasteiger partial charge in [0.1, 0.15) is 5.66 Å². The Hall–Kier alpha value is -3.73. The number of hydrogen-bond donors (Lipinski definition) is 3. The molecule has 3 rings (SSSR count). The molecule has 11 heteroatoms. The fraction of sp³-hybridized carbons (Fsp3) is 0.150. The first kappa shape index (κ1) is 22.0. The van der Waals surface area contributed by atoms with Gasteiger partial charge in [-0.1, -0.05) is 12.1 Å². The number of rotatable bonds is 5. The fourth-order valence-electron chi connectivity index (χ4n) is 3.04. The van der Waals surface area contributed by atoms with Crippen LogP contribution in [-0.2, 0) is 15.0 Å². The Kier molecular flexibility index (Phi) is 5.80. The van der Waals surface area contributed by atoms with Gasteiger partial charge in [-0.2, -0.15) is 13.4 Å². The predicted octanol–water partition coefficient (Wildman–Crippen LogP) is 2.18. The predicted molar refractivity (Wildman–Crippen MR) is 119 cm³/mol. The minimum atomic E-state index is -4.78. The van der Waals surface area contributed by atoms with E-state index in [0.717, 1.165) is 23.4 Å². The van der Waals surface area contributed by atoms with Crippen LogP contribution in [-0.4, -0.2) is 31.9 Å². The normalized spacial score (nSPS) is 16.0. The molecule has 162 valence electrons. The Morgan fingerprint density at radius 1 is 1.10 bits per heavy atom. The van der Waals surface area contributed by atoms with Crippen molar-refractivity contribution in [3.05, 3.63) is 60.2 Å². The number of nitrogens with zero attached hydrogens (tertiary/aromatic N) is 3. The standard InChI is InChI=1S/C20H21FN6O3S/c1-20(2)26-18(22)25-19(23)27(20)15-8-3-13(4-9-15)5-12-17(28)24-14-6-10-16(11-7-14)31(21,29)30/h3-12H,1-2H3,(H,24,28)(H4,22,23,25,26)/b12-5+. The molecule has 1 aliphatic heterocycles. The highest BCUT2D eigenvalue weighted by molar-refractivity contribution is 7.86. The summed E-state index contributed by atoms with van der Waals surface area (Å²) in [6.45, 7) is 3.71. The molecule has 0 aliphatic carbocycles. The van der Waals surface area contributed by atoms with Gasteiger partial charge < -0.3 is 16.8 Å². The highest BCUT2D eigenvalue weighted by Gasteiger charge is 2.32. The van der Waals surface area contributed by atoms with Crippen molar-refractivity contribution in [3.8, 4) is 0 Å². The zero-order chi connectivity index (χ0) is 22.8. The first-order valence-corrected chi connectivity index (χ1v) is 10.5. The quantitative estimate of drug-likeness (QED) is 0.476. The average Bonchev–Trinajstić information content (AvgIpc) is 2.65. The van der Waals surface area contributed by atoms with Crippen LogP contribution >= 0.6 is 0 Å². The summed E-state index contributed by atoms with van der Waals surface area (Å²) in [5.74, 6) is -0.0877. The largest absolute Gasteiger partial charge is 0.369 e. The smallest absolute Gasteiger partial charge is 0.332 e. The van der Waals surface area contributed by atoms with Gasteiger partial charge in [0, 0.05) is 17.5 Å². The van der Waals surface area contributed by atoms with Gasteiger partial charge >= 0.3 is 10.2 Å². The maximum absolute atomic E-state index is 12.9. The number of carbonyl (C=O) groups is 1. The van der Waals surface area contributed by atoms with Crippen molar-refractivity contribution in [2.45, 2.75) is 24.4 Å². The maximum atomic E-state index is 12.9. The summed E-state index contributed by atoms with van der Waals surface area (Å²) in [5, 5.41) is 2.56. The molecule has 0 saturated heterocycles. The van der Waals surface area contributed by atoms with Gasteiger partial charge in [0.2, 0.25) is 17.8 Å². The lowest BCUT2D eigenvalue weighted by Crippen LogP contribution is -2.54. The van der Waals surface area contributed by atoms with E-state index in [4.69, 9.17) is 11.5 Å². The van der Waals surface area contributed by atoms with Gasteiger partial charge in [0.05, 0.1) is 4.90 Å². The van der Waals surface area contributed by atoms with Crippen LogP contribution in [0.15, 0.2) is 69.5 Å². The first-order chi connectivity index (χ1) is 14.5. The molecule has 2 aromatic rings. The number of nitrogens with two attached hydrogens (primary N) is 2. The van der Waals surface area contributed by atoms with Crippen LogP contribution < -0.4 is 21.7 Å². The molecule has 0 aromatic heterocycles. The van der Waals surface area contributed by atoms with Crippen molar-refractivity contribution >= 4 is 45.5 Å². The van der Waals surface area contributed by atoms with E-state index in [0.29, 0.717) is 5.69 Å². The van der Waals surface area contributed by atoms with Gasteiger partial charge in [-0.05, 0) is 61.9 Å². The van der Waals surface area contributed by atoms with Gasteiger partial charge in [-0.15, -0.1) is 3.89 Å². The molecule has 0 fully saturated rings. The Balaban J connectivity index is 1.67. The first-order valence-electron chi connectivity index (χ1n) is 9.09. The minimum Gasteiger partial charge on any atom is -0.369 e. The third-order valence-electron chi connectivity index (χ3n) is 4.38. The van der Waals surface area contributed by atoms with Crippen molar-refractivity contribution in [3.63, 3.8) is 0 Å². The number of nitrogens with one attached hydrogen (secondary N) is 1. The Labute approximate surface area is 179 Å². The van der Waals surface area contributed by atoms with Crippen molar-refractivity contribution in [2.75, 3.05) is 10.2 Å². The van der Waals surface area contributed by atoms with E-state index < -0.39 is 26.7 Å². The van der Waals surface area contributed by atoms with Crippen LogP contribution in [0, 0.1) is 0 Å². The number of anilines is 2. The minimum absolute atomic E-state index is 0.116.